The summed E-state index contributed by atoms with van der Waals surface area (Å²) in [5, 5.41) is 11.3. The summed E-state index contributed by atoms with van der Waals surface area (Å²) < 4.78 is 9.24. The molecule has 0 aliphatic rings. The third-order valence-corrected chi connectivity index (χ3v) is 11.9. The highest BCUT2D eigenvalue weighted by molar-refractivity contribution is 7.26. The molecule has 11 rings (SSSR count). The highest BCUT2D eigenvalue weighted by Gasteiger charge is 2.23. The van der Waals surface area contributed by atoms with Crippen LogP contribution in [0.4, 0.5) is 0 Å². The highest BCUT2D eigenvalue weighted by Crippen LogP contribution is 2.49. The Hall–Kier alpha value is -6.48. The van der Waals surface area contributed by atoms with E-state index in [4.69, 9.17) is 4.42 Å². The van der Waals surface area contributed by atoms with Crippen LogP contribution in [0.2, 0.25) is 0 Å². The Labute approximate surface area is 304 Å². The van der Waals surface area contributed by atoms with Crippen LogP contribution in [0.15, 0.2) is 186 Å². The van der Waals surface area contributed by atoms with Gasteiger partial charge in [-0.1, -0.05) is 152 Å². The number of fused-ring (bicyclic) bond motifs is 8. The first-order valence-electron chi connectivity index (χ1n) is 17.8. The second-order valence-electron chi connectivity index (χ2n) is 13.6. The topological polar surface area (TPSA) is 13.1 Å². The number of furan rings is 1. The second kappa shape index (κ2) is 11.5. The summed E-state index contributed by atoms with van der Waals surface area (Å²) in [7, 11) is 0. The Morgan fingerprint density at radius 1 is 0.346 bits per heavy atom. The lowest BCUT2D eigenvalue weighted by molar-refractivity contribution is 0.632. The smallest absolute Gasteiger partial charge is 0.143 e. The van der Waals surface area contributed by atoms with Gasteiger partial charge in [0.1, 0.15) is 11.3 Å². The van der Waals surface area contributed by atoms with Gasteiger partial charge < -0.3 is 4.42 Å². The van der Waals surface area contributed by atoms with Crippen molar-refractivity contribution in [2.75, 3.05) is 0 Å². The van der Waals surface area contributed by atoms with Crippen molar-refractivity contribution in [3.8, 4) is 44.7 Å². The first-order chi connectivity index (χ1) is 25.8. The fourth-order valence-electron chi connectivity index (χ4n) is 8.34. The van der Waals surface area contributed by atoms with E-state index in [2.05, 4.69) is 182 Å². The van der Waals surface area contributed by atoms with E-state index in [0.29, 0.717) is 0 Å². The third kappa shape index (κ3) is 4.41. The quantitative estimate of drug-likeness (QED) is 0.169. The van der Waals surface area contributed by atoms with Crippen LogP contribution in [0.1, 0.15) is 0 Å². The van der Waals surface area contributed by atoms with Crippen LogP contribution in [0.25, 0.3) is 108 Å². The molecule has 2 aromatic heterocycles. The van der Waals surface area contributed by atoms with E-state index >= 15 is 0 Å². The molecule has 0 saturated carbocycles. The van der Waals surface area contributed by atoms with Crippen LogP contribution in [0.5, 0.6) is 0 Å². The average molecular weight is 679 g/mol. The molecule has 0 unspecified atom stereocenters. The third-order valence-electron chi connectivity index (χ3n) is 10.6. The largest absolute Gasteiger partial charge is 0.455 e. The molecule has 0 amide bonds. The number of benzene rings is 9. The van der Waals surface area contributed by atoms with Gasteiger partial charge in [-0.2, -0.15) is 0 Å². The van der Waals surface area contributed by atoms with E-state index in [-0.39, 0.29) is 0 Å². The van der Waals surface area contributed by atoms with Crippen LogP contribution in [-0.4, -0.2) is 0 Å². The molecule has 1 nitrogen and oxygen atoms in total. The molecule has 2 heterocycles. The van der Waals surface area contributed by atoms with Gasteiger partial charge in [-0.25, -0.2) is 0 Å². The molecule has 0 N–H and O–H groups in total. The van der Waals surface area contributed by atoms with Crippen molar-refractivity contribution in [1.82, 2.24) is 0 Å². The molecule has 0 bridgehead atoms. The number of thiophene rings is 1. The van der Waals surface area contributed by atoms with E-state index in [1.54, 1.807) is 0 Å². The SMILES string of the molecule is c1ccc(-c2oc3ccc4c5cc(-c6c7ccccc7c(-c7ccc8ccccc8c7)c7ccccc67)ccc5sc4c3c2-c2ccccc2)cc1. The lowest BCUT2D eigenvalue weighted by atomic mass is 9.85. The van der Waals surface area contributed by atoms with Crippen LogP contribution >= 0.6 is 11.3 Å². The number of rotatable bonds is 4. The van der Waals surface area contributed by atoms with Crippen LogP contribution in [-0.2, 0) is 0 Å². The van der Waals surface area contributed by atoms with Crippen molar-refractivity contribution < 1.29 is 4.42 Å². The van der Waals surface area contributed by atoms with Gasteiger partial charge in [-0.05, 0) is 90.5 Å². The van der Waals surface area contributed by atoms with Crippen molar-refractivity contribution in [2.45, 2.75) is 0 Å². The van der Waals surface area contributed by atoms with E-state index in [0.717, 1.165) is 28.0 Å². The lowest BCUT2D eigenvalue weighted by Crippen LogP contribution is -1.91. The molecule has 0 radical (unpaired) electrons. The summed E-state index contributed by atoms with van der Waals surface area (Å²) in [6.07, 6.45) is 0. The molecular formula is C50H30OS. The van der Waals surface area contributed by atoms with Crippen molar-refractivity contribution >= 4 is 74.8 Å². The van der Waals surface area contributed by atoms with Crippen molar-refractivity contribution in [1.29, 1.82) is 0 Å². The van der Waals surface area contributed by atoms with Crippen LogP contribution in [0.3, 0.4) is 0 Å². The molecule has 0 aliphatic carbocycles. The summed E-state index contributed by atoms with van der Waals surface area (Å²) in [6.45, 7) is 0. The summed E-state index contributed by atoms with van der Waals surface area (Å²) in [6, 6.07) is 66.0. The minimum Gasteiger partial charge on any atom is -0.455 e. The Kier molecular flexibility index (Phi) is 6.49. The van der Waals surface area contributed by atoms with Crippen molar-refractivity contribution in [3.63, 3.8) is 0 Å². The standard InChI is InChI=1S/C50H30OS/c1-3-14-32(15-4-1)47-48-43(51-49(47)33-16-5-2-6-17-33)27-26-41-42-30-36(25-28-44(42)52-50(41)48)46-39-21-11-9-19-37(39)45(38-20-10-12-22-40(38)46)35-24-23-31-13-7-8-18-34(31)29-35/h1-30H. The van der Waals surface area contributed by atoms with Gasteiger partial charge in [0.2, 0.25) is 0 Å². The van der Waals surface area contributed by atoms with E-state index < -0.39 is 0 Å². The molecule has 0 spiro atoms. The average Bonchev–Trinajstić information content (AvgIpc) is 3.79. The summed E-state index contributed by atoms with van der Waals surface area (Å²) in [5.41, 5.74) is 9.34. The molecule has 0 atom stereocenters. The predicted octanol–water partition coefficient (Wildman–Crippen LogP) is 14.9. The molecule has 52 heavy (non-hydrogen) atoms. The van der Waals surface area contributed by atoms with E-state index in [1.807, 2.05) is 11.3 Å². The molecular weight excluding hydrogens is 649 g/mol. The molecule has 0 aliphatic heterocycles. The molecule has 9 aromatic carbocycles. The number of hydrogen-bond acceptors (Lipinski definition) is 2. The number of hydrogen-bond donors (Lipinski definition) is 0. The summed E-state index contributed by atoms with van der Waals surface area (Å²) in [5.74, 6) is 0.914. The fraction of sp³-hybridized carbons (Fsp3) is 0. The van der Waals surface area contributed by atoms with Gasteiger partial charge in [-0.15, -0.1) is 11.3 Å². The normalized spacial score (nSPS) is 11.8. The zero-order valence-corrected chi connectivity index (χ0v) is 29.0. The van der Waals surface area contributed by atoms with Gasteiger partial charge >= 0.3 is 0 Å². The van der Waals surface area contributed by atoms with Crippen LogP contribution in [0, 0.1) is 0 Å². The Bertz CT molecular complexity index is 3110. The van der Waals surface area contributed by atoms with Gasteiger partial charge in [0, 0.05) is 36.7 Å². The van der Waals surface area contributed by atoms with Crippen molar-refractivity contribution in [2.24, 2.45) is 0 Å². The van der Waals surface area contributed by atoms with Crippen molar-refractivity contribution in [3.05, 3.63) is 182 Å². The first-order valence-corrected chi connectivity index (χ1v) is 18.6. The van der Waals surface area contributed by atoms with Gasteiger partial charge in [0.05, 0.1) is 0 Å². The molecule has 2 heteroatoms. The highest BCUT2D eigenvalue weighted by atomic mass is 32.1. The second-order valence-corrected chi connectivity index (χ2v) is 14.6. The van der Waals surface area contributed by atoms with E-state index in [1.165, 1.54) is 80.1 Å². The maximum Gasteiger partial charge on any atom is 0.143 e. The lowest BCUT2D eigenvalue weighted by Gasteiger charge is -2.18. The molecule has 0 fully saturated rings. The summed E-state index contributed by atoms with van der Waals surface area (Å²) >= 11 is 1.86. The summed E-state index contributed by atoms with van der Waals surface area (Å²) in [4.78, 5) is 0. The van der Waals surface area contributed by atoms with Gasteiger partial charge in [-0.3, -0.25) is 0 Å². The molecule has 11 aromatic rings. The minimum atomic E-state index is 0.914. The maximum atomic E-state index is 6.71. The zero-order chi connectivity index (χ0) is 34.2. The Morgan fingerprint density at radius 3 is 1.58 bits per heavy atom. The first kappa shape index (κ1) is 29.3. The minimum absolute atomic E-state index is 0.914. The Balaban J connectivity index is 1.17. The fourth-order valence-corrected chi connectivity index (χ4v) is 9.57. The monoisotopic (exact) mass is 678 g/mol. The van der Waals surface area contributed by atoms with Crippen LogP contribution < -0.4 is 0 Å². The molecule has 0 saturated heterocycles. The predicted molar refractivity (Wildman–Crippen MR) is 223 cm³/mol. The van der Waals surface area contributed by atoms with E-state index in [9.17, 15) is 0 Å². The molecule has 242 valence electrons. The van der Waals surface area contributed by atoms with Gasteiger partial charge in [0.25, 0.3) is 0 Å². The van der Waals surface area contributed by atoms with Gasteiger partial charge in [0.15, 0.2) is 0 Å². The zero-order valence-electron chi connectivity index (χ0n) is 28.1. The maximum absolute atomic E-state index is 6.71. The Morgan fingerprint density at radius 2 is 0.904 bits per heavy atom.